The van der Waals surface area contributed by atoms with E-state index in [2.05, 4.69) is 4.98 Å². The van der Waals surface area contributed by atoms with E-state index < -0.39 is 13.9 Å². The fraction of sp³-hybridized carbons (Fsp3) is 0.167. The van der Waals surface area contributed by atoms with Crippen LogP contribution in [-0.2, 0) is 4.57 Å². The van der Waals surface area contributed by atoms with Crippen molar-refractivity contribution in [2.75, 3.05) is 0 Å². The lowest BCUT2D eigenvalue weighted by Crippen LogP contribution is -1.91. The molecule has 0 aliphatic heterocycles. The Morgan fingerprint density at radius 1 is 1.64 bits per heavy atom. The Kier molecular flexibility index (Phi) is 2.65. The first-order chi connectivity index (χ1) is 5.22. The Hall–Kier alpha value is -0.830. The molecule has 0 bridgehead atoms. The molecule has 0 amide bonds. The monoisotopic (exact) mass is 172 g/mol. The highest BCUT2D eigenvalue weighted by atomic mass is 31.1. The van der Waals surface area contributed by atoms with Gasteiger partial charge in [0.15, 0.2) is 0 Å². The molecular weight excluding hydrogens is 165 g/mol. The molecule has 0 aromatic carbocycles. The summed E-state index contributed by atoms with van der Waals surface area (Å²) in [5.74, 6) is -1.32. The molecule has 2 atom stereocenters. The molecule has 1 aromatic rings. The van der Waals surface area contributed by atoms with Crippen LogP contribution in [-0.4, -0.2) is 15.0 Å². The van der Waals surface area contributed by atoms with Gasteiger partial charge in [-0.15, -0.1) is 0 Å². The highest BCUT2D eigenvalue weighted by Crippen LogP contribution is 2.33. The van der Waals surface area contributed by atoms with E-state index in [0.717, 1.165) is 0 Å². The maximum Gasteiger partial charge on any atom is 0.542 e. The zero-order valence-corrected chi connectivity index (χ0v) is 6.48. The molecular formula is C6H7NO3P+. The van der Waals surface area contributed by atoms with Gasteiger partial charge in [0.25, 0.3) is 0 Å². The van der Waals surface area contributed by atoms with Gasteiger partial charge in [-0.3, -0.25) is 4.98 Å². The first-order valence-electron chi connectivity index (χ1n) is 2.95. The summed E-state index contributed by atoms with van der Waals surface area (Å²) in [4.78, 5) is 12.2. The van der Waals surface area contributed by atoms with Crippen molar-refractivity contribution in [3.8, 4) is 0 Å². The largest absolute Gasteiger partial charge is 0.542 e. The summed E-state index contributed by atoms with van der Waals surface area (Å²) in [7, 11) is -2.57. The van der Waals surface area contributed by atoms with E-state index in [-0.39, 0.29) is 0 Å². The average molecular weight is 172 g/mol. The van der Waals surface area contributed by atoms with Gasteiger partial charge in [-0.2, -0.15) is 4.89 Å². The SMILES string of the molecule is O=[P+](O)[C@@H](O)c1cccnc1. The first-order valence-corrected chi connectivity index (χ1v) is 4.23. The maximum absolute atomic E-state index is 10.4. The fourth-order valence-corrected chi connectivity index (χ4v) is 1.06. The topological polar surface area (TPSA) is 70.4 Å². The van der Waals surface area contributed by atoms with Crippen LogP contribution in [0.5, 0.6) is 0 Å². The van der Waals surface area contributed by atoms with Gasteiger partial charge >= 0.3 is 13.9 Å². The summed E-state index contributed by atoms with van der Waals surface area (Å²) >= 11 is 0. The van der Waals surface area contributed by atoms with Crippen LogP contribution >= 0.6 is 8.03 Å². The number of aliphatic hydroxyl groups excluding tert-OH is 1. The van der Waals surface area contributed by atoms with Crippen LogP contribution in [0, 0.1) is 0 Å². The predicted molar refractivity (Wildman–Crippen MR) is 39.0 cm³/mol. The molecule has 0 aliphatic carbocycles. The lowest BCUT2D eigenvalue weighted by molar-refractivity contribution is 0.242. The van der Waals surface area contributed by atoms with Crippen LogP contribution in [0.4, 0.5) is 0 Å². The smallest absolute Gasteiger partial charge is 0.345 e. The van der Waals surface area contributed by atoms with Gasteiger partial charge in [-0.05, 0) is 16.7 Å². The average Bonchev–Trinajstić information content (AvgIpc) is 2.05. The number of aromatic nitrogens is 1. The summed E-state index contributed by atoms with van der Waals surface area (Å²) in [6.45, 7) is 0. The van der Waals surface area contributed by atoms with Crippen LogP contribution in [0.1, 0.15) is 11.4 Å². The lowest BCUT2D eigenvalue weighted by Gasteiger charge is -1.94. The van der Waals surface area contributed by atoms with Gasteiger partial charge < -0.3 is 5.11 Å². The third kappa shape index (κ3) is 2.05. The van der Waals surface area contributed by atoms with Crippen molar-refractivity contribution < 1.29 is 14.6 Å². The number of hydrogen-bond acceptors (Lipinski definition) is 3. The molecule has 1 aromatic heterocycles. The predicted octanol–water partition coefficient (Wildman–Crippen LogP) is 0.807. The molecule has 11 heavy (non-hydrogen) atoms. The summed E-state index contributed by atoms with van der Waals surface area (Å²) in [6, 6.07) is 3.14. The minimum atomic E-state index is -2.57. The number of rotatable bonds is 2. The van der Waals surface area contributed by atoms with Crippen molar-refractivity contribution in [3.05, 3.63) is 30.1 Å². The molecule has 5 heteroatoms. The minimum Gasteiger partial charge on any atom is -0.345 e. The second-order valence-electron chi connectivity index (χ2n) is 1.96. The summed E-state index contributed by atoms with van der Waals surface area (Å²) in [5.41, 5.74) is 0.358. The van der Waals surface area contributed by atoms with Crippen LogP contribution in [0.2, 0.25) is 0 Å². The molecule has 2 N–H and O–H groups in total. The Bertz CT molecular complexity index is 251. The Morgan fingerprint density at radius 2 is 2.36 bits per heavy atom. The number of hydrogen-bond donors (Lipinski definition) is 2. The van der Waals surface area contributed by atoms with Crippen LogP contribution < -0.4 is 0 Å². The van der Waals surface area contributed by atoms with Gasteiger partial charge in [-0.25, -0.2) is 0 Å². The van der Waals surface area contributed by atoms with E-state index >= 15 is 0 Å². The van der Waals surface area contributed by atoms with E-state index in [9.17, 15) is 4.57 Å². The molecule has 0 spiro atoms. The van der Waals surface area contributed by atoms with Crippen molar-refractivity contribution in [2.24, 2.45) is 0 Å². The van der Waals surface area contributed by atoms with Crippen molar-refractivity contribution in [1.29, 1.82) is 0 Å². The molecule has 0 fully saturated rings. The molecule has 4 nitrogen and oxygen atoms in total. The first kappa shape index (κ1) is 8.27. The zero-order valence-electron chi connectivity index (χ0n) is 5.58. The summed E-state index contributed by atoms with van der Waals surface area (Å²) in [5, 5.41) is 9.02. The van der Waals surface area contributed by atoms with Crippen LogP contribution in [0.15, 0.2) is 24.5 Å². The number of aliphatic hydroxyl groups is 1. The summed E-state index contributed by atoms with van der Waals surface area (Å²) in [6.07, 6.45) is 2.88. The molecule has 1 heterocycles. The molecule has 0 radical (unpaired) electrons. The van der Waals surface area contributed by atoms with E-state index in [1.807, 2.05) is 0 Å². The van der Waals surface area contributed by atoms with Gasteiger partial charge in [0.05, 0.1) is 5.56 Å². The number of nitrogens with zero attached hydrogens (tertiary/aromatic N) is 1. The standard InChI is InChI=1S/C6H6NO3P/c8-6(11(9)10)5-2-1-3-7-4-5/h1-4,6,8H/p+1/t6-/m1/s1. The normalized spacial score (nSPS) is 14.2. The third-order valence-electron chi connectivity index (χ3n) is 1.19. The minimum absolute atomic E-state index is 0.358. The highest BCUT2D eigenvalue weighted by molar-refractivity contribution is 7.38. The molecule has 0 saturated carbocycles. The van der Waals surface area contributed by atoms with E-state index in [4.69, 9.17) is 10.00 Å². The van der Waals surface area contributed by atoms with Crippen molar-refractivity contribution in [1.82, 2.24) is 4.98 Å². The fourth-order valence-electron chi connectivity index (χ4n) is 0.656. The molecule has 58 valence electrons. The Labute approximate surface area is 64.4 Å². The third-order valence-corrected chi connectivity index (χ3v) is 1.91. The van der Waals surface area contributed by atoms with Crippen molar-refractivity contribution >= 4 is 8.03 Å². The van der Waals surface area contributed by atoms with Crippen LogP contribution in [0.25, 0.3) is 0 Å². The number of pyridine rings is 1. The van der Waals surface area contributed by atoms with Crippen LogP contribution in [0.3, 0.4) is 0 Å². The van der Waals surface area contributed by atoms with Gasteiger partial charge in [0.1, 0.15) is 0 Å². The Morgan fingerprint density at radius 3 is 2.82 bits per heavy atom. The molecule has 1 unspecified atom stereocenters. The molecule has 0 saturated heterocycles. The summed E-state index contributed by atoms with van der Waals surface area (Å²) < 4.78 is 10.4. The zero-order chi connectivity index (χ0) is 8.27. The van der Waals surface area contributed by atoms with Gasteiger partial charge in [-0.1, -0.05) is 0 Å². The van der Waals surface area contributed by atoms with Crippen molar-refractivity contribution in [2.45, 2.75) is 5.85 Å². The maximum atomic E-state index is 10.4. The quantitative estimate of drug-likeness (QED) is 0.647. The van der Waals surface area contributed by atoms with Gasteiger partial charge in [0.2, 0.25) is 0 Å². The van der Waals surface area contributed by atoms with E-state index in [1.165, 1.54) is 12.4 Å². The molecule has 0 aliphatic rings. The highest BCUT2D eigenvalue weighted by Gasteiger charge is 2.27. The van der Waals surface area contributed by atoms with E-state index in [1.54, 1.807) is 12.1 Å². The van der Waals surface area contributed by atoms with E-state index in [0.29, 0.717) is 5.56 Å². The lowest BCUT2D eigenvalue weighted by atomic mass is 10.3. The second kappa shape index (κ2) is 3.53. The van der Waals surface area contributed by atoms with Crippen molar-refractivity contribution in [3.63, 3.8) is 0 Å². The second-order valence-corrected chi connectivity index (χ2v) is 3.06. The Balaban J connectivity index is 2.85. The molecule has 1 rings (SSSR count). The van der Waals surface area contributed by atoms with Gasteiger partial charge in [0, 0.05) is 12.4 Å².